The Kier molecular flexibility index (Phi) is 41.5. The van der Waals surface area contributed by atoms with Crippen LogP contribution < -0.4 is 0 Å². The van der Waals surface area contributed by atoms with Gasteiger partial charge in [0.05, 0.1) is 38.1 Å². The van der Waals surface area contributed by atoms with Crippen LogP contribution in [-0.4, -0.2) is 62.8 Å². The number of carbonyl (C=O) groups is 2. The van der Waals surface area contributed by atoms with Gasteiger partial charge in [-0.05, 0) is 40.5 Å². The predicted molar refractivity (Wildman–Crippen MR) is 232 cm³/mol. The smallest absolute Gasteiger partial charge is 0.306 e. The lowest BCUT2D eigenvalue weighted by Gasteiger charge is -2.21. The molecule has 0 aromatic carbocycles. The van der Waals surface area contributed by atoms with Crippen molar-refractivity contribution < 1.29 is 33.3 Å². The van der Waals surface area contributed by atoms with Crippen LogP contribution in [0.25, 0.3) is 0 Å². The quantitative estimate of drug-likeness (QED) is 0.0450. The maximum Gasteiger partial charge on any atom is 0.306 e. The lowest BCUT2D eigenvalue weighted by atomic mass is 10.0. The van der Waals surface area contributed by atoms with Crippen LogP contribution >= 0.6 is 0 Å². The molecule has 0 fully saturated rings. The van der Waals surface area contributed by atoms with Gasteiger partial charge in [0.15, 0.2) is 0 Å². The van der Waals surface area contributed by atoms with Gasteiger partial charge in [-0.3, -0.25) is 9.59 Å². The van der Waals surface area contributed by atoms with E-state index < -0.39 is 0 Å². The van der Waals surface area contributed by atoms with Crippen LogP contribution in [0, 0.1) is 0 Å². The second-order valence-corrected chi connectivity index (χ2v) is 16.8. The molecule has 0 N–H and O–H groups in total. The van der Waals surface area contributed by atoms with Gasteiger partial charge in [-0.1, -0.05) is 194 Å². The van der Waals surface area contributed by atoms with Crippen LogP contribution in [0.1, 0.15) is 247 Å². The molecule has 0 heterocycles. The number of carbonyl (C=O) groups excluding carboxylic acids is 2. The molecule has 4 unspecified atom stereocenters. The molecule has 55 heavy (non-hydrogen) atoms. The summed E-state index contributed by atoms with van der Waals surface area (Å²) < 4.78 is 28.6. The van der Waals surface area contributed by atoms with E-state index in [0.29, 0.717) is 32.7 Å². The van der Waals surface area contributed by atoms with E-state index in [4.69, 9.17) is 23.7 Å². The lowest BCUT2D eigenvalue weighted by Crippen LogP contribution is -2.29. The second-order valence-electron chi connectivity index (χ2n) is 16.8. The molecule has 0 aromatic heterocycles. The van der Waals surface area contributed by atoms with Crippen molar-refractivity contribution in [1.82, 2.24) is 0 Å². The Hall–Kier alpha value is -1.18. The summed E-state index contributed by atoms with van der Waals surface area (Å²) in [6.45, 7) is 13.7. The fourth-order valence-electron chi connectivity index (χ4n) is 6.92. The van der Waals surface area contributed by atoms with Gasteiger partial charge in [-0.15, -0.1) is 0 Å². The summed E-state index contributed by atoms with van der Waals surface area (Å²) in [6.07, 6.45) is 39.7. The van der Waals surface area contributed by atoms with Crippen LogP contribution in [0.4, 0.5) is 0 Å². The van der Waals surface area contributed by atoms with Gasteiger partial charge in [0.1, 0.15) is 12.7 Å². The molecule has 0 aliphatic carbocycles. The summed E-state index contributed by atoms with van der Waals surface area (Å²) in [4.78, 5) is 24.4. The highest BCUT2D eigenvalue weighted by Crippen LogP contribution is 2.16. The number of rotatable bonds is 44. The van der Waals surface area contributed by atoms with Crippen molar-refractivity contribution in [3.05, 3.63) is 0 Å². The average Bonchev–Trinajstić information content (AvgIpc) is 3.17. The van der Waals surface area contributed by atoms with Crippen LogP contribution in [0.5, 0.6) is 0 Å². The number of hydrogen-bond donors (Lipinski definition) is 0. The Balaban J connectivity index is 3.61. The topological polar surface area (TPSA) is 80.3 Å². The lowest BCUT2D eigenvalue weighted by molar-refractivity contribution is -0.153. The van der Waals surface area contributed by atoms with Gasteiger partial charge in [0.2, 0.25) is 0 Å². The first kappa shape index (κ1) is 53.8. The highest BCUT2D eigenvalue weighted by Gasteiger charge is 2.14. The Labute approximate surface area is 342 Å². The number of esters is 2. The van der Waals surface area contributed by atoms with E-state index in [2.05, 4.69) is 13.8 Å². The van der Waals surface area contributed by atoms with E-state index in [1.165, 1.54) is 167 Å². The monoisotopic (exact) mass is 783 g/mol. The van der Waals surface area contributed by atoms with Crippen LogP contribution in [0.2, 0.25) is 0 Å². The molecule has 0 aliphatic rings. The molecule has 7 nitrogen and oxygen atoms in total. The molecule has 0 radical (unpaired) electrons. The van der Waals surface area contributed by atoms with E-state index in [1.807, 2.05) is 27.7 Å². The van der Waals surface area contributed by atoms with Crippen molar-refractivity contribution in [2.45, 2.75) is 271 Å². The van der Waals surface area contributed by atoms with Gasteiger partial charge < -0.3 is 23.7 Å². The van der Waals surface area contributed by atoms with Gasteiger partial charge in [-0.2, -0.15) is 0 Å². The summed E-state index contributed by atoms with van der Waals surface area (Å²) in [7, 11) is 0. The molecular weight excluding hydrogens is 689 g/mol. The fraction of sp³-hybridized carbons (Fsp3) is 0.958. The molecule has 0 aliphatic heterocycles. The van der Waals surface area contributed by atoms with Crippen molar-refractivity contribution in [1.29, 1.82) is 0 Å². The van der Waals surface area contributed by atoms with Crippen LogP contribution in [-0.2, 0) is 33.3 Å². The van der Waals surface area contributed by atoms with E-state index in [-0.39, 0.29) is 43.0 Å². The molecule has 0 spiro atoms. The molecule has 0 saturated heterocycles. The first-order valence-corrected chi connectivity index (χ1v) is 24.0. The highest BCUT2D eigenvalue weighted by molar-refractivity contribution is 5.69. The summed E-state index contributed by atoms with van der Waals surface area (Å²) in [5.74, 6) is -0.268. The standard InChI is InChI=1S/C48H94O7/c1-7-9-11-13-15-17-19-21-23-25-27-29-31-33-35-37-47(49)54-41-45(5)52-39-43(3)51-40-44(4)53-42-46(6)55-48(50)38-36-34-32-30-28-26-24-22-20-18-16-14-12-10-8-2/h43-46H,7-42H2,1-6H3. The summed E-state index contributed by atoms with van der Waals surface area (Å²) >= 11 is 0. The molecule has 0 bridgehead atoms. The Bertz CT molecular complexity index is 805. The van der Waals surface area contributed by atoms with E-state index in [9.17, 15) is 9.59 Å². The Morgan fingerprint density at radius 2 is 0.582 bits per heavy atom. The first-order valence-electron chi connectivity index (χ1n) is 24.0. The largest absolute Gasteiger partial charge is 0.463 e. The van der Waals surface area contributed by atoms with E-state index in [0.717, 1.165) is 25.7 Å². The van der Waals surface area contributed by atoms with Gasteiger partial charge >= 0.3 is 11.9 Å². The van der Waals surface area contributed by atoms with Crippen molar-refractivity contribution in [2.24, 2.45) is 0 Å². The number of unbranched alkanes of at least 4 members (excludes halogenated alkanes) is 28. The zero-order valence-corrected chi connectivity index (χ0v) is 37.6. The summed E-state index contributed by atoms with van der Waals surface area (Å²) in [6, 6.07) is 0. The van der Waals surface area contributed by atoms with Gasteiger partial charge in [0, 0.05) is 12.8 Å². The third kappa shape index (κ3) is 42.3. The maximum atomic E-state index is 12.3. The van der Waals surface area contributed by atoms with Crippen molar-refractivity contribution in [3.8, 4) is 0 Å². The molecule has 7 heteroatoms. The zero-order valence-electron chi connectivity index (χ0n) is 37.6. The molecule has 0 saturated carbocycles. The van der Waals surface area contributed by atoms with Crippen molar-refractivity contribution in [2.75, 3.05) is 26.4 Å². The molecule has 0 amide bonds. The second kappa shape index (κ2) is 42.4. The number of ether oxygens (including phenoxy) is 5. The van der Waals surface area contributed by atoms with Crippen LogP contribution in [0.3, 0.4) is 0 Å². The Morgan fingerprint density at radius 1 is 0.327 bits per heavy atom. The SMILES string of the molecule is CCCCCCCCCCCCCCCCCC(=O)OCC(C)OCC(C)OCC(C)OCC(C)OC(=O)CCCCCCCCCCCCCCCCC. The maximum absolute atomic E-state index is 12.3. The van der Waals surface area contributed by atoms with Gasteiger partial charge in [0.25, 0.3) is 0 Å². The minimum atomic E-state index is -0.283. The molecule has 0 rings (SSSR count). The molecule has 0 aromatic rings. The predicted octanol–water partition coefficient (Wildman–Crippen LogP) is 14.2. The average molecular weight is 783 g/mol. The van der Waals surface area contributed by atoms with Crippen molar-refractivity contribution in [3.63, 3.8) is 0 Å². The number of hydrogen-bond acceptors (Lipinski definition) is 7. The third-order valence-electron chi connectivity index (χ3n) is 10.6. The van der Waals surface area contributed by atoms with Crippen molar-refractivity contribution >= 4 is 11.9 Å². The van der Waals surface area contributed by atoms with E-state index >= 15 is 0 Å². The first-order chi connectivity index (χ1) is 26.8. The van der Waals surface area contributed by atoms with E-state index in [1.54, 1.807) is 0 Å². The van der Waals surface area contributed by atoms with Crippen LogP contribution in [0.15, 0.2) is 0 Å². The van der Waals surface area contributed by atoms with Gasteiger partial charge in [-0.25, -0.2) is 0 Å². The fourth-order valence-corrected chi connectivity index (χ4v) is 6.92. The normalized spacial score (nSPS) is 13.8. The highest BCUT2D eigenvalue weighted by atomic mass is 16.6. The molecule has 328 valence electrons. The molecular formula is C48H94O7. The summed E-state index contributed by atoms with van der Waals surface area (Å²) in [5.41, 5.74) is 0. The zero-order chi connectivity index (χ0) is 40.5. The third-order valence-corrected chi connectivity index (χ3v) is 10.6. The molecule has 4 atom stereocenters. The summed E-state index contributed by atoms with van der Waals surface area (Å²) in [5, 5.41) is 0. The minimum Gasteiger partial charge on any atom is -0.463 e. The minimum absolute atomic E-state index is 0.116. The Morgan fingerprint density at radius 3 is 0.909 bits per heavy atom.